The number of likely N-dealkylation sites (tertiary alicyclic amines) is 1. The summed E-state index contributed by atoms with van der Waals surface area (Å²) in [7, 11) is 0. The highest BCUT2D eigenvalue weighted by atomic mass is 16.7. The summed E-state index contributed by atoms with van der Waals surface area (Å²) in [5, 5.41) is 0. The van der Waals surface area contributed by atoms with Crippen molar-refractivity contribution in [2.45, 2.75) is 64.3 Å². The first-order valence-electron chi connectivity index (χ1n) is 7.83. The first-order chi connectivity index (χ1) is 9.22. The molecular formula is C15H25NO3. The molecule has 3 aliphatic rings. The Balaban J connectivity index is 1.43. The molecule has 0 N–H and O–H groups in total. The number of amides is 1. The van der Waals surface area contributed by atoms with Crippen LogP contribution in [0, 0.1) is 11.8 Å². The lowest BCUT2D eigenvalue weighted by molar-refractivity contribution is -0.145. The summed E-state index contributed by atoms with van der Waals surface area (Å²) in [5.41, 5.74) is 0. The minimum Gasteiger partial charge on any atom is -0.420 e. The zero-order valence-electron chi connectivity index (χ0n) is 11.8. The molecule has 4 atom stereocenters. The molecule has 0 aromatic rings. The second-order valence-corrected chi connectivity index (χ2v) is 6.35. The van der Waals surface area contributed by atoms with Crippen LogP contribution in [0.15, 0.2) is 0 Å². The van der Waals surface area contributed by atoms with E-state index >= 15 is 0 Å². The Hall–Kier alpha value is -0.770. The smallest absolute Gasteiger partial charge is 0.412 e. The highest BCUT2D eigenvalue weighted by molar-refractivity contribution is 5.67. The zero-order valence-corrected chi connectivity index (χ0v) is 11.8. The van der Waals surface area contributed by atoms with Gasteiger partial charge in [-0.25, -0.2) is 4.79 Å². The van der Waals surface area contributed by atoms with E-state index < -0.39 is 6.29 Å². The molecule has 3 rings (SSSR count). The number of rotatable bonds is 3. The number of hydrogen-bond acceptors (Lipinski definition) is 3. The van der Waals surface area contributed by atoms with Crippen molar-refractivity contribution in [1.82, 2.24) is 4.90 Å². The highest BCUT2D eigenvalue weighted by Crippen LogP contribution is 2.46. The molecule has 0 spiro atoms. The predicted octanol–water partition coefficient (Wildman–Crippen LogP) is 3.16. The van der Waals surface area contributed by atoms with Crippen molar-refractivity contribution in [3.8, 4) is 0 Å². The van der Waals surface area contributed by atoms with E-state index in [4.69, 9.17) is 9.47 Å². The van der Waals surface area contributed by atoms with Gasteiger partial charge in [0.15, 0.2) is 0 Å². The third kappa shape index (κ3) is 3.04. The minimum absolute atomic E-state index is 0.199. The number of nitrogens with zero attached hydrogens (tertiary/aromatic N) is 1. The maximum atomic E-state index is 12.0. The Kier molecular flexibility index (Phi) is 3.96. The molecule has 0 radical (unpaired) electrons. The van der Waals surface area contributed by atoms with Gasteiger partial charge in [0.1, 0.15) is 0 Å². The molecule has 2 bridgehead atoms. The van der Waals surface area contributed by atoms with Crippen molar-refractivity contribution in [2.75, 3.05) is 13.1 Å². The third-order valence-electron chi connectivity index (χ3n) is 4.92. The van der Waals surface area contributed by atoms with Crippen molar-refractivity contribution < 1.29 is 14.3 Å². The van der Waals surface area contributed by atoms with Gasteiger partial charge in [-0.2, -0.15) is 0 Å². The van der Waals surface area contributed by atoms with E-state index in [0.717, 1.165) is 38.3 Å². The Morgan fingerprint density at radius 1 is 1.16 bits per heavy atom. The largest absolute Gasteiger partial charge is 0.420 e. The molecule has 4 heteroatoms. The molecule has 1 aliphatic heterocycles. The van der Waals surface area contributed by atoms with Gasteiger partial charge in [-0.3, -0.25) is 0 Å². The minimum atomic E-state index is -0.404. The summed E-state index contributed by atoms with van der Waals surface area (Å²) in [6, 6.07) is 0. The summed E-state index contributed by atoms with van der Waals surface area (Å²) in [6.45, 7) is 3.52. The maximum absolute atomic E-state index is 12.0. The molecule has 2 saturated carbocycles. The van der Waals surface area contributed by atoms with E-state index in [0.29, 0.717) is 12.0 Å². The van der Waals surface area contributed by atoms with Crippen LogP contribution in [-0.4, -0.2) is 36.5 Å². The van der Waals surface area contributed by atoms with Crippen molar-refractivity contribution in [1.29, 1.82) is 0 Å². The van der Waals surface area contributed by atoms with Crippen LogP contribution in [0.4, 0.5) is 4.79 Å². The monoisotopic (exact) mass is 267 g/mol. The van der Waals surface area contributed by atoms with E-state index in [2.05, 4.69) is 0 Å². The molecule has 2 aliphatic carbocycles. The number of hydrogen-bond donors (Lipinski definition) is 0. The van der Waals surface area contributed by atoms with E-state index in [1.807, 2.05) is 11.8 Å². The van der Waals surface area contributed by atoms with Gasteiger partial charge in [0.25, 0.3) is 0 Å². The standard InChI is InChI=1S/C15H25NO3/c1-11(18-14-10-12-5-6-13(14)9-12)19-15(17)16-7-3-2-4-8-16/h11-14H,2-10H2,1H3. The average molecular weight is 267 g/mol. The van der Waals surface area contributed by atoms with Gasteiger partial charge in [-0.1, -0.05) is 0 Å². The Labute approximate surface area is 115 Å². The normalized spacial score (nSPS) is 35.4. The van der Waals surface area contributed by atoms with Crippen LogP contribution >= 0.6 is 0 Å². The Morgan fingerprint density at radius 2 is 1.95 bits per heavy atom. The lowest BCUT2D eigenvalue weighted by Gasteiger charge is -2.29. The lowest BCUT2D eigenvalue weighted by atomic mass is 9.98. The molecule has 108 valence electrons. The predicted molar refractivity (Wildman–Crippen MR) is 71.7 cm³/mol. The average Bonchev–Trinajstić information content (AvgIpc) is 3.02. The van der Waals surface area contributed by atoms with Crippen molar-refractivity contribution in [3.63, 3.8) is 0 Å². The molecule has 1 heterocycles. The number of piperidine rings is 1. The van der Waals surface area contributed by atoms with Crippen LogP contribution < -0.4 is 0 Å². The molecule has 4 unspecified atom stereocenters. The van der Waals surface area contributed by atoms with Crippen molar-refractivity contribution in [3.05, 3.63) is 0 Å². The van der Waals surface area contributed by atoms with Crippen LogP contribution in [0.5, 0.6) is 0 Å². The Morgan fingerprint density at radius 3 is 2.58 bits per heavy atom. The van der Waals surface area contributed by atoms with Gasteiger partial charge < -0.3 is 14.4 Å². The molecule has 19 heavy (non-hydrogen) atoms. The zero-order chi connectivity index (χ0) is 13.2. The van der Waals surface area contributed by atoms with E-state index in [9.17, 15) is 4.79 Å². The van der Waals surface area contributed by atoms with Crippen LogP contribution in [0.25, 0.3) is 0 Å². The summed E-state index contributed by atoms with van der Waals surface area (Å²) in [5.74, 6) is 1.57. The maximum Gasteiger partial charge on any atom is 0.412 e. The van der Waals surface area contributed by atoms with Crippen molar-refractivity contribution in [2.24, 2.45) is 11.8 Å². The third-order valence-corrected chi connectivity index (χ3v) is 4.92. The molecule has 3 fully saturated rings. The van der Waals surface area contributed by atoms with E-state index in [1.54, 1.807) is 0 Å². The molecule has 1 saturated heterocycles. The van der Waals surface area contributed by atoms with Crippen molar-refractivity contribution >= 4 is 6.09 Å². The number of carbonyl (C=O) groups is 1. The summed E-state index contributed by atoms with van der Waals surface area (Å²) in [6.07, 6.45) is 8.27. The van der Waals surface area contributed by atoms with Gasteiger partial charge in [-0.15, -0.1) is 0 Å². The molecule has 0 aromatic heterocycles. The lowest BCUT2D eigenvalue weighted by Crippen LogP contribution is -2.39. The SMILES string of the molecule is CC(OC(=O)N1CCCCC1)OC1CC2CCC1C2. The van der Waals surface area contributed by atoms with Gasteiger partial charge in [-0.05, 0) is 63.7 Å². The van der Waals surface area contributed by atoms with E-state index in [1.165, 1.54) is 25.7 Å². The fraction of sp³-hybridized carbons (Fsp3) is 0.933. The molecule has 4 nitrogen and oxygen atoms in total. The molecule has 1 amide bonds. The first-order valence-corrected chi connectivity index (χ1v) is 7.83. The first kappa shape index (κ1) is 13.2. The summed E-state index contributed by atoms with van der Waals surface area (Å²) in [4.78, 5) is 13.8. The second kappa shape index (κ2) is 5.70. The number of fused-ring (bicyclic) bond motifs is 2. The second-order valence-electron chi connectivity index (χ2n) is 6.35. The fourth-order valence-corrected chi connectivity index (χ4v) is 3.92. The summed E-state index contributed by atoms with van der Waals surface area (Å²) < 4.78 is 11.4. The van der Waals surface area contributed by atoms with Crippen LogP contribution in [0.1, 0.15) is 51.9 Å². The van der Waals surface area contributed by atoms with Gasteiger partial charge in [0, 0.05) is 13.1 Å². The molecular weight excluding hydrogens is 242 g/mol. The van der Waals surface area contributed by atoms with Gasteiger partial charge in [0.05, 0.1) is 6.10 Å². The summed E-state index contributed by atoms with van der Waals surface area (Å²) >= 11 is 0. The number of carbonyl (C=O) groups excluding carboxylic acids is 1. The van der Waals surface area contributed by atoms with Crippen LogP contribution in [0.2, 0.25) is 0 Å². The van der Waals surface area contributed by atoms with Gasteiger partial charge in [0.2, 0.25) is 6.29 Å². The van der Waals surface area contributed by atoms with Crippen LogP contribution in [-0.2, 0) is 9.47 Å². The highest BCUT2D eigenvalue weighted by Gasteiger charge is 2.41. The molecule has 0 aromatic carbocycles. The Bertz CT molecular complexity index is 327. The van der Waals surface area contributed by atoms with E-state index in [-0.39, 0.29) is 6.09 Å². The number of ether oxygens (including phenoxy) is 2. The van der Waals surface area contributed by atoms with Gasteiger partial charge >= 0.3 is 6.09 Å². The van der Waals surface area contributed by atoms with Crippen LogP contribution in [0.3, 0.4) is 0 Å². The topological polar surface area (TPSA) is 38.8 Å². The fourth-order valence-electron chi connectivity index (χ4n) is 3.92. The quantitative estimate of drug-likeness (QED) is 0.737.